The Hall–Kier alpha value is -2.86. The van der Waals surface area contributed by atoms with Gasteiger partial charge in [0.1, 0.15) is 17.6 Å². The molecular weight excluding hydrogens is 311 g/mol. The van der Waals surface area contributed by atoms with Crippen LogP contribution in [0.4, 0.5) is 4.39 Å². The van der Waals surface area contributed by atoms with E-state index >= 15 is 0 Å². The zero-order valence-corrected chi connectivity index (χ0v) is 12.6. The summed E-state index contributed by atoms with van der Waals surface area (Å²) in [4.78, 5) is 14.8. The van der Waals surface area contributed by atoms with E-state index < -0.39 is 12.0 Å². The van der Waals surface area contributed by atoms with E-state index in [0.717, 1.165) is 27.7 Å². The minimum Gasteiger partial charge on any atom is -0.508 e. The average Bonchev–Trinajstić information content (AvgIpc) is 2.92. The highest BCUT2D eigenvalue weighted by Crippen LogP contribution is 2.36. The molecule has 6 heteroatoms. The van der Waals surface area contributed by atoms with E-state index in [2.05, 4.69) is 10.3 Å². The van der Waals surface area contributed by atoms with E-state index in [1.54, 1.807) is 30.3 Å². The van der Waals surface area contributed by atoms with E-state index in [0.29, 0.717) is 6.42 Å². The molecule has 2 aromatic carbocycles. The van der Waals surface area contributed by atoms with Gasteiger partial charge in [0.15, 0.2) is 0 Å². The highest BCUT2D eigenvalue weighted by Gasteiger charge is 2.33. The fourth-order valence-electron chi connectivity index (χ4n) is 3.35. The molecule has 0 radical (unpaired) electrons. The maximum absolute atomic E-state index is 13.2. The summed E-state index contributed by atoms with van der Waals surface area (Å²) in [6.07, 6.45) is 0.311. The molecule has 2 atom stereocenters. The van der Waals surface area contributed by atoms with Crippen molar-refractivity contribution in [3.8, 4) is 5.75 Å². The Morgan fingerprint density at radius 3 is 2.62 bits per heavy atom. The monoisotopic (exact) mass is 326 g/mol. The van der Waals surface area contributed by atoms with Crippen LogP contribution in [0.25, 0.3) is 10.9 Å². The molecule has 4 N–H and O–H groups in total. The number of halogens is 1. The van der Waals surface area contributed by atoms with Crippen LogP contribution >= 0.6 is 0 Å². The number of benzene rings is 2. The predicted molar refractivity (Wildman–Crippen MR) is 86.5 cm³/mol. The molecule has 5 nitrogen and oxygen atoms in total. The smallest absolute Gasteiger partial charge is 0.321 e. The molecule has 122 valence electrons. The van der Waals surface area contributed by atoms with Crippen LogP contribution in [0.2, 0.25) is 0 Å². The lowest BCUT2D eigenvalue weighted by atomic mass is 9.90. The Bertz CT molecular complexity index is 933. The number of aromatic nitrogens is 1. The van der Waals surface area contributed by atoms with Gasteiger partial charge in [-0.25, -0.2) is 4.39 Å². The molecule has 0 bridgehead atoms. The third kappa shape index (κ3) is 2.32. The number of hydrogen-bond donors (Lipinski definition) is 4. The summed E-state index contributed by atoms with van der Waals surface area (Å²) in [7, 11) is 0. The van der Waals surface area contributed by atoms with Gasteiger partial charge in [-0.15, -0.1) is 0 Å². The third-order valence-corrected chi connectivity index (χ3v) is 4.49. The SMILES string of the molecule is O=C(O)C1Cc2c([nH]c3ccc(O)cc23)C(c2ccc(F)cc2)N1. The van der Waals surface area contributed by atoms with Gasteiger partial charge >= 0.3 is 5.97 Å². The molecule has 2 heterocycles. The van der Waals surface area contributed by atoms with Gasteiger partial charge in [-0.1, -0.05) is 12.1 Å². The van der Waals surface area contributed by atoms with Crippen LogP contribution in [0.5, 0.6) is 5.75 Å². The summed E-state index contributed by atoms with van der Waals surface area (Å²) in [5, 5.41) is 23.1. The fourth-order valence-corrected chi connectivity index (χ4v) is 3.35. The quantitative estimate of drug-likeness (QED) is 0.583. The van der Waals surface area contributed by atoms with Gasteiger partial charge in [-0.2, -0.15) is 0 Å². The summed E-state index contributed by atoms with van der Waals surface area (Å²) >= 11 is 0. The van der Waals surface area contributed by atoms with Crippen LogP contribution in [0, 0.1) is 5.82 Å². The van der Waals surface area contributed by atoms with Crippen molar-refractivity contribution < 1.29 is 19.4 Å². The molecule has 1 aliphatic heterocycles. The fraction of sp³-hybridized carbons (Fsp3) is 0.167. The van der Waals surface area contributed by atoms with Crippen LogP contribution in [-0.2, 0) is 11.2 Å². The van der Waals surface area contributed by atoms with Crippen LogP contribution in [0.3, 0.4) is 0 Å². The highest BCUT2D eigenvalue weighted by molar-refractivity contribution is 5.88. The van der Waals surface area contributed by atoms with Gasteiger partial charge in [0.05, 0.1) is 6.04 Å². The molecular formula is C18H15FN2O3. The van der Waals surface area contributed by atoms with Crippen molar-refractivity contribution in [1.82, 2.24) is 10.3 Å². The number of phenolic OH excluding ortho intramolecular Hbond substituents is 1. The van der Waals surface area contributed by atoms with E-state index in [9.17, 15) is 19.4 Å². The molecule has 0 saturated carbocycles. The van der Waals surface area contributed by atoms with Crippen molar-refractivity contribution >= 4 is 16.9 Å². The maximum Gasteiger partial charge on any atom is 0.321 e. The van der Waals surface area contributed by atoms with Gasteiger partial charge in [0, 0.05) is 23.0 Å². The van der Waals surface area contributed by atoms with Gasteiger partial charge in [0.2, 0.25) is 0 Å². The lowest BCUT2D eigenvalue weighted by Gasteiger charge is -2.29. The number of phenols is 1. The molecule has 2 unspecified atom stereocenters. The number of carboxylic acids is 1. The Morgan fingerprint density at radius 2 is 1.92 bits per heavy atom. The number of H-pyrrole nitrogens is 1. The molecule has 0 spiro atoms. The lowest BCUT2D eigenvalue weighted by Crippen LogP contribution is -2.44. The Balaban J connectivity index is 1.90. The van der Waals surface area contributed by atoms with Crippen LogP contribution < -0.4 is 5.32 Å². The minimum absolute atomic E-state index is 0.132. The normalized spacial score (nSPS) is 20.0. The second kappa shape index (κ2) is 5.35. The van der Waals surface area contributed by atoms with Crippen LogP contribution in [0.15, 0.2) is 42.5 Å². The molecule has 1 aromatic heterocycles. The predicted octanol–water partition coefficient (Wildman–Crippen LogP) is 2.70. The second-order valence-electron chi connectivity index (χ2n) is 5.99. The largest absolute Gasteiger partial charge is 0.508 e. The number of aromatic hydroxyl groups is 1. The number of carboxylic acid groups (broad SMARTS) is 1. The summed E-state index contributed by atoms with van der Waals surface area (Å²) in [6, 6.07) is 9.84. The van der Waals surface area contributed by atoms with Crippen molar-refractivity contribution in [2.45, 2.75) is 18.5 Å². The summed E-state index contributed by atoms with van der Waals surface area (Å²) in [5.74, 6) is -1.15. The van der Waals surface area contributed by atoms with Crippen LogP contribution in [-0.4, -0.2) is 27.2 Å². The molecule has 0 amide bonds. The van der Waals surface area contributed by atoms with Crippen molar-refractivity contribution in [2.24, 2.45) is 0 Å². The Kier molecular flexibility index (Phi) is 3.28. The summed E-state index contributed by atoms with van der Waals surface area (Å²) in [5.41, 5.74) is 3.32. The number of rotatable bonds is 2. The molecule has 4 rings (SSSR count). The van der Waals surface area contributed by atoms with E-state index in [4.69, 9.17) is 0 Å². The van der Waals surface area contributed by atoms with Gasteiger partial charge in [-0.3, -0.25) is 10.1 Å². The van der Waals surface area contributed by atoms with Gasteiger partial charge in [-0.05, 0) is 41.5 Å². The number of nitrogens with one attached hydrogen (secondary N) is 2. The number of aromatic amines is 1. The van der Waals surface area contributed by atoms with Crippen molar-refractivity contribution in [3.63, 3.8) is 0 Å². The highest BCUT2D eigenvalue weighted by atomic mass is 19.1. The zero-order valence-electron chi connectivity index (χ0n) is 12.6. The molecule has 3 aromatic rings. The molecule has 0 saturated heterocycles. The van der Waals surface area contributed by atoms with E-state index in [1.165, 1.54) is 12.1 Å². The summed E-state index contributed by atoms with van der Waals surface area (Å²) < 4.78 is 13.2. The first-order valence-corrected chi connectivity index (χ1v) is 7.60. The van der Waals surface area contributed by atoms with Crippen molar-refractivity contribution in [2.75, 3.05) is 0 Å². The zero-order chi connectivity index (χ0) is 16.8. The number of hydrogen-bond acceptors (Lipinski definition) is 3. The van der Waals surface area contributed by atoms with Crippen molar-refractivity contribution in [3.05, 3.63) is 65.1 Å². The first-order valence-electron chi connectivity index (χ1n) is 7.60. The van der Waals surface area contributed by atoms with E-state index in [1.807, 2.05) is 0 Å². The third-order valence-electron chi connectivity index (χ3n) is 4.49. The topological polar surface area (TPSA) is 85.3 Å². The van der Waals surface area contributed by atoms with E-state index in [-0.39, 0.29) is 17.6 Å². The number of carbonyl (C=O) groups is 1. The maximum atomic E-state index is 13.2. The molecule has 0 fully saturated rings. The standard InChI is InChI=1S/C18H15FN2O3/c19-10-3-1-9(2-4-10)16-17-13(8-15(21-16)18(23)24)12-7-11(22)5-6-14(12)20-17/h1-7,15-16,20-22H,8H2,(H,23,24). The van der Waals surface area contributed by atoms with Crippen molar-refractivity contribution in [1.29, 1.82) is 0 Å². The number of fused-ring (bicyclic) bond motifs is 3. The Labute approximate surface area is 136 Å². The molecule has 0 aliphatic carbocycles. The average molecular weight is 326 g/mol. The molecule has 24 heavy (non-hydrogen) atoms. The number of aliphatic carboxylic acids is 1. The Morgan fingerprint density at radius 1 is 1.17 bits per heavy atom. The van der Waals surface area contributed by atoms with Gasteiger partial charge < -0.3 is 15.2 Å². The van der Waals surface area contributed by atoms with Crippen LogP contribution in [0.1, 0.15) is 22.9 Å². The lowest BCUT2D eigenvalue weighted by molar-refractivity contribution is -0.139. The summed E-state index contributed by atoms with van der Waals surface area (Å²) in [6.45, 7) is 0. The second-order valence-corrected chi connectivity index (χ2v) is 5.99. The first-order chi connectivity index (χ1) is 11.5. The van der Waals surface area contributed by atoms with Gasteiger partial charge in [0.25, 0.3) is 0 Å². The first kappa shape index (κ1) is 14.7. The molecule has 1 aliphatic rings. The minimum atomic E-state index is -0.942.